The molecule has 0 aliphatic carbocycles. The number of aliphatic carboxylic acids is 1. The van der Waals surface area contributed by atoms with Gasteiger partial charge in [0.15, 0.2) is 11.5 Å². The van der Waals surface area contributed by atoms with Crippen molar-refractivity contribution in [3.8, 4) is 11.5 Å². The minimum atomic E-state index is -0.986. The highest BCUT2D eigenvalue weighted by Crippen LogP contribution is 2.40. The van der Waals surface area contributed by atoms with Gasteiger partial charge in [-0.05, 0) is 35.7 Å². The summed E-state index contributed by atoms with van der Waals surface area (Å²) >= 11 is 5.89. The summed E-state index contributed by atoms with van der Waals surface area (Å²) in [6.07, 6.45) is 1.90. The highest BCUT2D eigenvalue weighted by Gasteiger charge is 2.34. The van der Waals surface area contributed by atoms with Gasteiger partial charge >= 0.3 is 5.97 Å². The van der Waals surface area contributed by atoms with Gasteiger partial charge in [0.05, 0.1) is 31.7 Å². The summed E-state index contributed by atoms with van der Waals surface area (Å²) < 4.78 is 10.7. The third-order valence-corrected chi connectivity index (χ3v) is 4.73. The zero-order valence-electron chi connectivity index (χ0n) is 14.4. The molecule has 1 aliphatic heterocycles. The van der Waals surface area contributed by atoms with E-state index in [1.165, 1.54) is 19.4 Å². The van der Waals surface area contributed by atoms with Crippen molar-refractivity contribution in [2.45, 2.75) is 18.9 Å². The van der Waals surface area contributed by atoms with Crippen LogP contribution in [0.4, 0.5) is 0 Å². The van der Waals surface area contributed by atoms with Crippen LogP contribution >= 0.6 is 11.6 Å². The van der Waals surface area contributed by atoms with E-state index in [0.29, 0.717) is 35.2 Å². The Kier molecular flexibility index (Phi) is 5.08. The molecule has 1 aromatic carbocycles. The van der Waals surface area contributed by atoms with Crippen LogP contribution in [0.15, 0.2) is 24.4 Å². The zero-order valence-corrected chi connectivity index (χ0v) is 15.2. The Hall–Kier alpha value is -2.67. The Morgan fingerprint density at radius 3 is 2.54 bits per heavy atom. The second-order valence-electron chi connectivity index (χ2n) is 6.00. The topological polar surface area (TPSA) is 91.9 Å². The standard InChI is InChI=1S/C18H19ClN2O5/c1-25-15-5-10-3-4-21(18(24)13-6-11(19)9-20-13)14(8-17(22)23)12(10)7-16(15)26-2/h5-7,9,14,20H,3-4,8H2,1-2H3,(H,22,23). The Labute approximate surface area is 155 Å². The summed E-state index contributed by atoms with van der Waals surface area (Å²) in [5.74, 6) is -0.196. The van der Waals surface area contributed by atoms with Gasteiger partial charge in [0.2, 0.25) is 0 Å². The summed E-state index contributed by atoms with van der Waals surface area (Å²) in [6, 6.07) is 4.52. The first kappa shape index (κ1) is 18.1. The number of aromatic nitrogens is 1. The fourth-order valence-corrected chi connectivity index (χ4v) is 3.47. The highest BCUT2D eigenvalue weighted by atomic mass is 35.5. The average molecular weight is 379 g/mol. The minimum absolute atomic E-state index is 0.206. The molecule has 0 fully saturated rings. The van der Waals surface area contributed by atoms with E-state index < -0.39 is 12.0 Å². The monoisotopic (exact) mass is 378 g/mol. The maximum absolute atomic E-state index is 12.9. The predicted molar refractivity (Wildman–Crippen MR) is 95.1 cm³/mol. The van der Waals surface area contributed by atoms with Crippen molar-refractivity contribution >= 4 is 23.5 Å². The molecule has 0 saturated heterocycles. The largest absolute Gasteiger partial charge is 0.493 e. The molecule has 0 saturated carbocycles. The number of nitrogens with one attached hydrogen (secondary N) is 1. The fourth-order valence-electron chi connectivity index (χ4n) is 3.30. The minimum Gasteiger partial charge on any atom is -0.493 e. The van der Waals surface area contributed by atoms with Gasteiger partial charge in [-0.25, -0.2) is 0 Å². The van der Waals surface area contributed by atoms with Gasteiger partial charge < -0.3 is 24.5 Å². The number of fused-ring (bicyclic) bond motifs is 1. The van der Waals surface area contributed by atoms with Crippen LogP contribution in [-0.2, 0) is 11.2 Å². The molecule has 2 heterocycles. The number of hydrogen-bond donors (Lipinski definition) is 2. The number of carbonyl (C=O) groups excluding carboxylic acids is 1. The molecule has 2 N–H and O–H groups in total. The number of halogens is 1. The van der Waals surface area contributed by atoms with Gasteiger partial charge in [0.25, 0.3) is 5.91 Å². The molecule has 1 unspecified atom stereocenters. The Bertz CT molecular complexity index is 848. The summed E-state index contributed by atoms with van der Waals surface area (Å²) in [6.45, 7) is 0.399. The number of aromatic amines is 1. The van der Waals surface area contributed by atoms with E-state index in [-0.39, 0.29) is 12.3 Å². The number of hydrogen-bond acceptors (Lipinski definition) is 4. The molecule has 7 nitrogen and oxygen atoms in total. The van der Waals surface area contributed by atoms with E-state index in [9.17, 15) is 14.7 Å². The molecule has 8 heteroatoms. The van der Waals surface area contributed by atoms with Gasteiger partial charge in [0.1, 0.15) is 5.69 Å². The normalized spacial score (nSPS) is 16.1. The van der Waals surface area contributed by atoms with Crippen molar-refractivity contribution in [2.75, 3.05) is 20.8 Å². The van der Waals surface area contributed by atoms with E-state index in [2.05, 4.69) is 4.98 Å². The van der Waals surface area contributed by atoms with E-state index in [1.54, 1.807) is 18.1 Å². The Morgan fingerprint density at radius 1 is 1.27 bits per heavy atom. The van der Waals surface area contributed by atoms with Gasteiger partial charge in [-0.15, -0.1) is 0 Å². The Balaban J connectivity index is 2.03. The number of carboxylic acid groups (broad SMARTS) is 1. The average Bonchev–Trinajstić information content (AvgIpc) is 3.06. The molecular formula is C18H19ClN2O5. The third-order valence-electron chi connectivity index (χ3n) is 4.51. The molecule has 138 valence electrons. The number of rotatable bonds is 5. The first-order valence-corrected chi connectivity index (χ1v) is 8.44. The predicted octanol–water partition coefficient (Wildman–Crippen LogP) is 2.90. The van der Waals surface area contributed by atoms with Gasteiger partial charge in [0, 0.05) is 12.7 Å². The van der Waals surface area contributed by atoms with E-state index in [0.717, 1.165) is 11.1 Å². The van der Waals surface area contributed by atoms with E-state index >= 15 is 0 Å². The van der Waals surface area contributed by atoms with Crippen LogP contribution in [0.2, 0.25) is 5.02 Å². The van der Waals surface area contributed by atoms with Crippen molar-refractivity contribution in [2.24, 2.45) is 0 Å². The maximum Gasteiger partial charge on any atom is 0.305 e. The number of amides is 1. The number of carbonyl (C=O) groups is 2. The van der Waals surface area contributed by atoms with Gasteiger partial charge in [-0.3, -0.25) is 9.59 Å². The van der Waals surface area contributed by atoms with Crippen molar-refractivity contribution in [3.63, 3.8) is 0 Å². The van der Waals surface area contributed by atoms with Crippen LogP contribution in [0.1, 0.15) is 34.1 Å². The SMILES string of the molecule is COc1cc2c(cc1OC)C(CC(=O)O)N(C(=O)c1cc(Cl)c[nH]1)CC2. The van der Waals surface area contributed by atoms with Crippen molar-refractivity contribution in [1.82, 2.24) is 9.88 Å². The zero-order chi connectivity index (χ0) is 18.8. The van der Waals surface area contributed by atoms with Gasteiger partial charge in [-0.1, -0.05) is 11.6 Å². The Morgan fingerprint density at radius 2 is 1.96 bits per heavy atom. The molecule has 0 radical (unpaired) electrons. The fraction of sp³-hybridized carbons (Fsp3) is 0.333. The summed E-state index contributed by atoms with van der Waals surface area (Å²) in [4.78, 5) is 28.7. The molecule has 3 rings (SSSR count). The maximum atomic E-state index is 12.9. The lowest BCUT2D eigenvalue weighted by Gasteiger charge is -2.37. The van der Waals surface area contributed by atoms with Gasteiger partial charge in [-0.2, -0.15) is 0 Å². The molecule has 0 spiro atoms. The van der Waals surface area contributed by atoms with E-state index in [4.69, 9.17) is 21.1 Å². The lowest BCUT2D eigenvalue weighted by atomic mass is 9.89. The lowest BCUT2D eigenvalue weighted by molar-refractivity contribution is -0.138. The second kappa shape index (κ2) is 7.29. The molecule has 26 heavy (non-hydrogen) atoms. The molecule has 1 aliphatic rings. The second-order valence-corrected chi connectivity index (χ2v) is 6.44. The first-order chi connectivity index (χ1) is 12.4. The molecule has 1 amide bonds. The number of H-pyrrole nitrogens is 1. The number of benzene rings is 1. The number of ether oxygens (including phenoxy) is 2. The molecule has 1 atom stereocenters. The molecule has 1 aromatic heterocycles. The first-order valence-electron chi connectivity index (χ1n) is 8.06. The van der Waals surface area contributed by atoms with Crippen molar-refractivity contribution in [3.05, 3.63) is 46.2 Å². The van der Waals surface area contributed by atoms with E-state index in [1.807, 2.05) is 6.07 Å². The van der Waals surface area contributed by atoms with Crippen molar-refractivity contribution in [1.29, 1.82) is 0 Å². The lowest BCUT2D eigenvalue weighted by Crippen LogP contribution is -2.41. The third kappa shape index (κ3) is 3.35. The van der Waals surface area contributed by atoms with Crippen LogP contribution in [0.3, 0.4) is 0 Å². The summed E-state index contributed by atoms with van der Waals surface area (Å²) in [5.41, 5.74) is 2.03. The van der Waals surface area contributed by atoms with Crippen molar-refractivity contribution < 1.29 is 24.2 Å². The number of carboxylic acids is 1. The highest BCUT2D eigenvalue weighted by molar-refractivity contribution is 6.30. The quantitative estimate of drug-likeness (QED) is 0.834. The molecule has 0 bridgehead atoms. The smallest absolute Gasteiger partial charge is 0.305 e. The molecule has 2 aromatic rings. The summed E-state index contributed by atoms with van der Waals surface area (Å²) in [5, 5.41) is 9.79. The van der Waals surface area contributed by atoms with Crippen LogP contribution < -0.4 is 9.47 Å². The summed E-state index contributed by atoms with van der Waals surface area (Å²) in [7, 11) is 3.07. The van der Waals surface area contributed by atoms with Crippen LogP contribution in [0.25, 0.3) is 0 Å². The van der Waals surface area contributed by atoms with Crippen LogP contribution in [0, 0.1) is 0 Å². The molecular weight excluding hydrogens is 360 g/mol. The van der Waals surface area contributed by atoms with Crippen LogP contribution in [0.5, 0.6) is 11.5 Å². The van der Waals surface area contributed by atoms with Crippen LogP contribution in [-0.4, -0.2) is 47.6 Å². The number of nitrogens with zero attached hydrogens (tertiary/aromatic N) is 1. The number of methoxy groups -OCH3 is 2.